The number of carbonyl (C=O) groups excluding carboxylic acids is 1. The van der Waals surface area contributed by atoms with E-state index in [1.165, 1.54) is 30.3 Å². The van der Waals surface area contributed by atoms with Gasteiger partial charge in [0.25, 0.3) is 5.91 Å². The van der Waals surface area contributed by atoms with Gasteiger partial charge < -0.3 is 9.50 Å². The van der Waals surface area contributed by atoms with E-state index in [9.17, 15) is 17.6 Å². The fourth-order valence-electron chi connectivity index (χ4n) is 2.37. The first-order chi connectivity index (χ1) is 12.9. The Morgan fingerprint density at radius 2 is 1.67 bits per heavy atom. The molecule has 0 aliphatic carbocycles. The first kappa shape index (κ1) is 18.6. The summed E-state index contributed by atoms with van der Waals surface area (Å²) in [6.07, 6.45) is 0. The van der Waals surface area contributed by atoms with Gasteiger partial charge >= 0.3 is 10.1 Å². The van der Waals surface area contributed by atoms with Crippen LogP contribution >= 0.6 is 0 Å². The summed E-state index contributed by atoms with van der Waals surface area (Å²) in [5, 5.41) is 2.75. The molecule has 0 unspecified atom stereocenters. The van der Waals surface area contributed by atoms with E-state index in [2.05, 4.69) is 5.32 Å². The Balaban J connectivity index is 1.72. The molecule has 0 spiro atoms. The van der Waals surface area contributed by atoms with E-state index in [-0.39, 0.29) is 22.1 Å². The number of carbonyl (C=O) groups is 1. The maximum atomic E-state index is 13.3. The largest absolute Gasteiger partial charge is 0.379 e. The van der Waals surface area contributed by atoms with Crippen LogP contribution in [0.25, 0.3) is 0 Å². The SMILES string of the molecule is O=C(NCc1ccccc1)c1cccc(OS(=O)(=O)c2cccc(F)c2)c1. The maximum absolute atomic E-state index is 13.3. The van der Waals surface area contributed by atoms with Gasteiger partial charge in [-0.15, -0.1) is 0 Å². The van der Waals surface area contributed by atoms with Crippen LogP contribution in [0.2, 0.25) is 0 Å². The summed E-state index contributed by atoms with van der Waals surface area (Å²) in [5.74, 6) is -1.09. The molecule has 1 amide bonds. The van der Waals surface area contributed by atoms with E-state index in [4.69, 9.17) is 4.18 Å². The molecule has 27 heavy (non-hydrogen) atoms. The molecule has 0 atom stereocenters. The summed E-state index contributed by atoms with van der Waals surface area (Å²) in [6.45, 7) is 0.340. The molecule has 5 nitrogen and oxygen atoms in total. The minimum Gasteiger partial charge on any atom is -0.379 e. The van der Waals surface area contributed by atoms with E-state index < -0.39 is 15.9 Å². The molecule has 0 radical (unpaired) electrons. The van der Waals surface area contributed by atoms with Crippen molar-refractivity contribution in [3.63, 3.8) is 0 Å². The topological polar surface area (TPSA) is 72.5 Å². The highest BCUT2D eigenvalue weighted by molar-refractivity contribution is 7.87. The number of rotatable bonds is 6. The van der Waals surface area contributed by atoms with E-state index in [1.807, 2.05) is 30.3 Å². The molecular weight excluding hydrogens is 369 g/mol. The van der Waals surface area contributed by atoms with Gasteiger partial charge in [0.05, 0.1) is 0 Å². The van der Waals surface area contributed by atoms with Crippen molar-refractivity contribution in [3.8, 4) is 5.75 Å². The van der Waals surface area contributed by atoms with Crippen molar-refractivity contribution in [3.05, 3.63) is 95.8 Å². The smallest absolute Gasteiger partial charge is 0.339 e. The van der Waals surface area contributed by atoms with Crippen LogP contribution < -0.4 is 9.50 Å². The third-order valence-corrected chi connectivity index (χ3v) is 4.93. The summed E-state index contributed by atoms with van der Waals surface area (Å²) in [6, 6.07) is 19.7. The van der Waals surface area contributed by atoms with Crippen LogP contribution in [-0.2, 0) is 16.7 Å². The molecule has 0 bridgehead atoms. The van der Waals surface area contributed by atoms with Crippen LogP contribution in [-0.4, -0.2) is 14.3 Å². The van der Waals surface area contributed by atoms with Gasteiger partial charge in [0.2, 0.25) is 0 Å². The second kappa shape index (κ2) is 8.01. The van der Waals surface area contributed by atoms with Gasteiger partial charge in [-0.3, -0.25) is 4.79 Å². The number of hydrogen-bond donors (Lipinski definition) is 1. The van der Waals surface area contributed by atoms with E-state index >= 15 is 0 Å². The van der Waals surface area contributed by atoms with Crippen LogP contribution in [0.5, 0.6) is 5.75 Å². The summed E-state index contributed by atoms with van der Waals surface area (Å²) < 4.78 is 42.8. The molecule has 3 aromatic rings. The molecule has 138 valence electrons. The molecule has 0 heterocycles. The molecule has 3 rings (SSSR count). The molecule has 0 fully saturated rings. The molecule has 0 saturated heterocycles. The van der Waals surface area contributed by atoms with Crippen molar-refractivity contribution < 1.29 is 21.8 Å². The minimum absolute atomic E-state index is 0.0355. The lowest BCUT2D eigenvalue weighted by Gasteiger charge is -2.09. The number of halogens is 1. The van der Waals surface area contributed by atoms with Crippen LogP contribution in [0.4, 0.5) is 4.39 Å². The predicted octanol–water partition coefficient (Wildman–Crippen LogP) is 3.52. The van der Waals surface area contributed by atoms with Crippen LogP contribution in [0, 0.1) is 5.82 Å². The lowest BCUT2D eigenvalue weighted by atomic mass is 10.2. The Hall–Kier alpha value is -3.19. The van der Waals surface area contributed by atoms with Crippen LogP contribution in [0.3, 0.4) is 0 Å². The van der Waals surface area contributed by atoms with E-state index in [0.717, 1.165) is 17.7 Å². The lowest BCUT2D eigenvalue weighted by Crippen LogP contribution is -2.22. The maximum Gasteiger partial charge on any atom is 0.339 e. The molecule has 1 N–H and O–H groups in total. The zero-order chi connectivity index (χ0) is 19.3. The zero-order valence-electron chi connectivity index (χ0n) is 14.1. The van der Waals surface area contributed by atoms with Crippen molar-refractivity contribution >= 4 is 16.0 Å². The Morgan fingerprint density at radius 1 is 0.926 bits per heavy atom. The van der Waals surface area contributed by atoms with Crippen molar-refractivity contribution in [1.29, 1.82) is 0 Å². The monoisotopic (exact) mass is 385 g/mol. The van der Waals surface area contributed by atoms with Crippen molar-refractivity contribution in [2.75, 3.05) is 0 Å². The molecule has 0 aliphatic heterocycles. The van der Waals surface area contributed by atoms with Crippen LogP contribution in [0.15, 0.2) is 83.8 Å². The standard InChI is InChI=1S/C20H16FNO4S/c21-17-9-5-11-19(13-17)27(24,25)26-18-10-4-8-16(12-18)20(23)22-14-15-6-2-1-3-7-15/h1-13H,14H2,(H,22,23). The van der Waals surface area contributed by atoms with Crippen molar-refractivity contribution in [2.45, 2.75) is 11.4 Å². The zero-order valence-corrected chi connectivity index (χ0v) is 14.9. The lowest BCUT2D eigenvalue weighted by molar-refractivity contribution is 0.0950. The quantitative estimate of drug-likeness (QED) is 0.659. The average molecular weight is 385 g/mol. The first-order valence-electron chi connectivity index (χ1n) is 8.06. The molecule has 0 aliphatic rings. The average Bonchev–Trinajstić information content (AvgIpc) is 2.67. The minimum atomic E-state index is -4.21. The molecular formula is C20H16FNO4S. The van der Waals surface area contributed by atoms with Gasteiger partial charge in [-0.25, -0.2) is 4.39 Å². The van der Waals surface area contributed by atoms with Gasteiger partial charge in [-0.05, 0) is 42.0 Å². The summed E-state index contributed by atoms with van der Waals surface area (Å²) in [5.41, 5.74) is 1.19. The normalized spacial score (nSPS) is 11.0. The number of benzene rings is 3. The molecule has 0 saturated carbocycles. The van der Waals surface area contributed by atoms with E-state index in [0.29, 0.717) is 6.54 Å². The molecule has 3 aromatic carbocycles. The Bertz CT molecular complexity index is 1050. The van der Waals surface area contributed by atoms with E-state index in [1.54, 1.807) is 6.07 Å². The predicted molar refractivity (Wildman–Crippen MR) is 98.3 cm³/mol. The molecule has 0 aromatic heterocycles. The second-order valence-corrected chi connectivity index (χ2v) is 7.24. The van der Waals surface area contributed by atoms with Gasteiger partial charge in [0.15, 0.2) is 0 Å². The number of hydrogen-bond acceptors (Lipinski definition) is 4. The fraction of sp³-hybridized carbons (Fsp3) is 0.0500. The Kier molecular flexibility index (Phi) is 5.52. The third kappa shape index (κ3) is 4.92. The van der Waals surface area contributed by atoms with Crippen molar-refractivity contribution in [1.82, 2.24) is 5.32 Å². The number of nitrogens with one attached hydrogen (secondary N) is 1. The molecule has 7 heteroatoms. The van der Waals surface area contributed by atoms with Gasteiger partial charge in [0.1, 0.15) is 16.5 Å². The van der Waals surface area contributed by atoms with Crippen molar-refractivity contribution in [2.24, 2.45) is 0 Å². The Morgan fingerprint density at radius 3 is 2.41 bits per heavy atom. The van der Waals surface area contributed by atoms with Gasteiger partial charge in [-0.1, -0.05) is 42.5 Å². The fourth-order valence-corrected chi connectivity index (χ4v) is 3.32. The number of amides is 1. The first-order valence-corrected chi connectivity index (χ1v) is 9.47. The summed E-state index contributed by atoms with van der Waals surface area (Å²) in [7, 11) is -4.21. The second-order valence-electron chi connectivity index (χ2n) is 5.69. The van der Waals surface area contributed by atoms with Crippen LogP contribution in [0.1, 0.15) is 15.9 Å². The Labute approximate surface area is 156 Å². The highest BCUT2D eigenvalue weighted by atomic mass is 32.2. The van der Waals surface area contributed by atoms with Gasteiger partial charge in [-0.2, -0.15) is 8.42 Å². The highest BCUT2D eigenvalue weighted by Gasteiger charge is 2.18. The third-order valence-electron chi connectivity index (χ3n) is 3.68. The van der Waals surface area contributed by atoms with Gasteiger partial charge in [0, 0.05) is 12.1 Å². The summed E-state index contributed by atoms with van der Waals surface area (Å²) in [4.78, 5) is 12.0. The summed E-state index contributed by atoms with van der Waals surface area (Å²) >= 11 is 0. The highest BCUT2D eigenvalue weighted by Crippen LogP contribution is 2.20.